The Morgan fingerprint density at radius 3 is 2.80 bits per heavy atom. The molecule has 0 saturated heterocycles. The predicted octanol–water partition coefficient (Wildman–Crippen LogP) is 3.03. The van der Waals surface area contributed by atoms with Crippen LogP contribution >= 0.6 is 0 Å². The molecular weight excluding hydrogens is 382 g/mol. The fourth-order valence-electron chi connectivity index (χ4n) is 3.12. The molecule has 9 heteroatoms. The summed E-state index contributed by atoms with van der Waals surface area (Å²) < 4.78 is 6.99. The lowest BCUT2D eigenvalue weighted by atomic mass is 10.2. The molecule has 9 nitrogen and oxygen atoms in total. The summed E-state index contributed by atoms with van der Waals surface area (Å²) in [6, 6.07) is 10.3. The number of pyridine rings is 3. The molecular formula is C21H21N7O2. The van der Waals surface area contributed by atoms with Crippen molar-refractivity contribution in [2.24, 2.45) is 0 Å². The van der Waals surface area contributed by atoms with E-state index in [1.54, 1.807) is 42.6 Å². The maximum Gasteiger partial charge on any atom is 0.321 e. The van der Waals surface area contributed by atoms with Gasteiger partial charge in [-0.25, -0.2) is 14.5 Å². The first kappa shape index (κ1) is 19.5. The lowest BCUT2D eigenvalue weighted by molar-refractivity contribution is 0.166. The second-order valence-electron chi connectivity index (χ2n) is 6.70. The molecule has 4 heterocycles. The van der Waals surface area contributed by atoms with E-state index in [9.17, 15) is 4.79 Å². The number of nitrogens with one attached hydrogen (secondary N) is 2. The van der Waals surface area contributed by atoms with E-state index in [4.69, 9.17) is 4.74 Å². The van der Waals surface area contributed by atoms with Gasteiger partial charge in [-0.3, -0.25) is 15.3 Å². The Morgan fingerprint density at radius 1 is 1.13 bits per heavy atom. The quantitative estimate of drug-likeness (QED) is 0.512. The zero-order chi connectivity index (χ0) is 20.9. The lowest BCUT2D eigenvalue weighted by Crippen LogP contribution is -2.35. The fraction of sp³-hybridized carbons (Fsp3) is 0.190. The van der Waals surface area contributed by atoms with Crippen LogP contribution in [0, 0.1) is 6.92 Å². The molecule has 0 aliphatic carbocycles. The molecule has 2 amide bonds. The first-order chi connectivity index (χ1) is 14.6. The number of urea groups is 1. The maximum absolute atomic E-state index is 12.5. The summed E-state index contributed by atoms with van der Waals surface area (Å²) in [6.07, 6.45) is 6.83. The molecule has 0 fully saturated rings. The van der Waals surface area contributed by atoms with Crippen LogP contribution in [0.15, 0.2) is 61.2 Å². The number of rotatable bonds is 6. The van der Waals surface area contributed by atoms with Gasteiger partial charge in [-0.15, -0.1) is 0 Å². The van der Waals surface area contributed by atoms with Crippen molar-refractivity contribution in [1.82, 2.24) is 30.0 Å². The Morgan fingerprint density at radius 2 is 2.03 bits per heavy atom. The van der Waals surface area contributed by atoms with Crippen LogP contribution in [0.25, 0.3) is 16.6 Å². The van der Waals surface area contributed by atoms with Gasteiger partial charge in [-0.05, 0) is 37.3 Å². The molecule has 1 unspecified atom stereocenters. The number of ether oxygens (including phenoxy) is 1. The first-order valence-corrected chi connectivity index (χ1v) is 9.38. The number of amides is 2. The minimum Gasteiger partial charge on any atom is -0.382 e. The third kappa shape index (κ3) is 4.26. The van der Waals surface area contributed by atoms with Gasteiger partial charge in [0.05, 0.1) is 41.9 Å². The van der Waals surface area contributed by atoms with Crippen molar-refractivity contribution in [2.45, 2.75) is 13.0 Å². The highest BCUT2D eigenvalue weighted by molar-refractivity contribution is 5.91. The van der Waals surface area contributed by atoms with Crippen LogP contribution in [0.1, 0.15) is 17.4 Å². The molecule has 1 atom stereocenters. The molecule has 4 rings (SSSR count). The number of nitrogens with zero attached hydrogens (tertiary/aromatic N) is 5. The van der Waals surface area contributed by atoms with Crippen molar-refractivity contribution in [2.75, 3.05) is 19.0 Å². The number of fused-ring (bicyclic) bond motifs is 1. The normalized spacial score (nSPS) is 11.9. The van der Waals surface area contributed by atoms with Crippen LogP contribution in [0.4, 0.5) is 10.6 Å². The van der Waals surface area contributed by atoms with Crippen molar-refractivity contribution in [3.63, 3.8) is 0 Å². The summed E-state index contributed by atoms with van der Waals surface area (Å²) >= 11 is 0. The van der Waals surface area contributed by atoms with Crippen molar-refractivity contribution < 1.29 is 9.53 Å². The van der Waals surface area contributed by atoms with Crippen molar-refractivity contribution in [3.05, 3.63) is 72.6 Å². The van der Waals surface area contributed by atoms with Gasteiger partial charge in [0.2, 0.25) is 0 Å². The van der Waals surface area contributed by atoms with Gasteiger partial charge in [-0.1, -0.05) is 6.07 Å². The Balaban J connectivity index is 1.50. The van der Waals surface area contributed by atoms with E-state index in [1.165, 1.54) is 0 Å². The van der Waals surface area contributed by atoms with Crippen LogP contribution in [-0.2, 0) is 4.74 Å². The number of methoxy groups -OCH3 is 1. The molecule has 0 saturated carbocycles. The summed E-state index contributed by atoms with van der Waals surface area (Å²) in [5.74, 6) is 0.419. The molecule has 2 N–H and O–H groups in total. The van der Waals surface area contributed by atoms with Gasteiger partial charge in [0, 0.05) is 30.6 Å². The Kier molecular flexibility index (Phi) is 5.62. The largest absolute Gasteiger partial charge is 0.382 e. The molecule has 0 aliphatic rings. The predicted molar refractivity (Wildman–Crippen MR) is 112 cm³/mol. The van der Waals surface area contributed by atoms with E-state index in [2.05, 4.69) is 30.7 Å². The van der Waals surface area contributed by atoms with Gasteiger partial charge in [-0.2, -0.15) is 5.10 Å². The van der Waals surface area contributed by atoms with Crippen molar-refractivity contribution >= 4 is 22.8 Å². The summed E-state index contributed by atoms with van der Waals surface area (Å²) in [5, 5.41) is 10.9. The van der Waals surface area contributed by atoms with Gasteiger partial charge >= 0.3 is 6.03 Å². The number of carbonyl (C=O) groups excluding carboxylic acids is 1. The van der Waals surface area contributed by atoms with E-state index in [-0.39, 0.29) is 6.04 Å². The maximum atomic E-state index is 12.5. The van der Waals surface area contributed by atoms with E-state index in [0.717, 1.165) is 22.3 Å². The standard InChI is InChI=1S/C21H21N7O2/c1-14-9-16(6-8-22-14)28-19-12-24-20(10-15(19)11-25-28)27-21(29)26-18(13-30-2)17-5-3-4-7-23-17/h3-12,18H,13H2,1-2H3,(H2,24,26,27,29). The number of anilines is 1. The molecule has 4 aromatic heterocycles. The van der Waals surface area contributed by atoms with Gasteiger partial charge < -0.3 is 10.1 Å². The summed E-state index contributed by atoms with van der Waals surface area (Å²) in [5.41, 5.74) is 3.34. The zero-order valence-electron chi connectivity index (χ0n) is 16.6. The second kappa shape index (κ2) is 8.66. The van der Waals surface area contributed by atoms with E-state index in [0.29, 0.717) is 18.1 Å². The molecule has 4 aromatic rings. The average molecular weight is 403 g/mol. The fourth-order valence-corrected chi connectivity index (χ4v) is 3.12. The Bertz CT molecular complexity index is 1160. The molecule has 0 aliphatic heterocycles. The minimum absolute atomic E-state index is 0.301. The third-order valence-electron chi connectivity index (χ3n) is 4.50. The first-order valence-electron chi connectivity index (χ1n) is 9.38. The second-order valence-corrected chi connectivity index (χ2v) is 6.70. The topological polar surface area (TPSA) is 107 Å². The lowest BCUT2D eigenvalue weighted by Gasteiger charge is -2.17. The van der Waals surface area contributed by atoms with Crippen LogP contribution in [0.2, 0.25) is 0 Å². The van der Waals surface area contributed by atoms with Crippen LogP contribution in [0.5, 0.6) is 0 Å². The third-order valence-corrected chi connectivity index (χ3v) is 4.50. The zero-order valence-corrected chi connectivity index (χ0v) is 16.6. The molecule has 152 valence electrons. The van der Waals surface area contributed by atoms with Crippen LogP contribution in [-0.4, -0.2) is 44.5 Å². The SMILES string of the molecule is COCC(NC(=O)Nc1cc2cnn(-c3ccnc(C)c3)c2cn1)c1ccccn1. The number of aryl methyl sites for hydroxylation is 1. The molecule has 0 radical (unpaired) electrons. The summed E-state index contributed by atoms with van der Waals surface area (Å²) in [7, 11) is 1.58. The monoisotopic (exact) mass is 403 g/mol. The van der Waals surface area contributed by atoms with Crippen molar-refractivity contribution in [3.8, 4) is 5.69 Å². The van der Waals surface area contributed by atoms with Gasteiger partial charge in [0.25, 0.3) is 0 Å². The number of hydrogen-bond donors (Lipinski definition) is 2. The average Bonchev–Trinajstić information content (AvgIpc) is 3.17. The van der Waals surface area contributed by atoms with Gasteiger partial charge in [0.15, 0.2) is 0 Å². The Hall–Kier alpha value is -3.85. The number of hydrogen-bond acceptors (Lipinski definition) is 6. The van der Waals surface area contributed by atoms with Crippen LogP contribution in [0.3, 0.4) is 0 Å². The van der Waals surface area contributed by atoms with E-state index >= 15 is 0 Å². The van der Waals surface area contributed by atoms with Crippen LogP contribution < -0.4 is 10.6 Å². The van der Waals surface area contributed by atoms with Crippen molar-refractivity contribution in [1.29, 1.82) is 0 Å². The highest BCUT2D eigenvalue weighted by Crippen LogP contribution is 2.20. The molecule has 0 spiro atoms. The van der Waals surface area contributed by atoms with E-state index < -0.39 is 6.03 Å². The minimum atomic E-state index is -0.397. The number of aromatic nitrogens is 5. The molecule has 0 aromatic carbocycles. The smallest absolute Gasteiger partial charge is 0.321 e. The Labute approximate surface area is 173 Å². The number of carbonyl (C=O) groups is 1. The highest BCUT2D eigenvalue weighted by Gasteiger charge is 2.16. The highest BCUT2D eigenvalue weighted by atomic mass is 16.5. The van der Waals surface area contributed by atoms with E-state index in [1.807, 2.05) is 37.3 Å². The van der Waals surface area contributed by atoms with Gasteiger partial charge in [0.1, 0.15) is 5.82 Å². The molecule has 0 bridgehead atoms. The summed E-state index contributed by atoms with van der Waals surface area (Å²) in [6.45, 7) is 2.23. The summed E-state index contributed by atoms with van der Waals surface area (Å²) in [4.78, 5) is 25.3. The molecule has 30 heavy (non-hydrogen) atoms.